The molecule has 0 aromatic heterocycles. The number of phenols is 1. The number of aromatic hydroxyl groups is 1. The van der Waals surface area contributed by atoms with Crippen LogP contribution in [0.2, 0.25) is 0 Å². The summed E-state index contributed by atoms with van der Waals surface area (Å²) in [4.78, 5) is 2.58. The van der Waals surface area contributed by atoms with Gasteiger partial charge in [-0.25, -0.2) is 0 Å². The number of phenolic OH excluding ortho intramolecular Hbond substituents is 1. The third-order valence-corrected chi connectivity index (χ3v) is 5.61. The van der Waals surface area contributed by atoms with Crippen LogP contribution in [-0.4, -0.2) is 29.6 Å². The zero-order chi connectivity index (χ0) is 15.1. The Balaban J connectivity index is 1.77. The van der Waals surface area contributed by atoms with E-state index in [0.717, 1.165) is 6.54 Å². The van der Waals surface area contributed by atoms with Gasteiger partial charge in [-0.3, -0.25) is 0 Å². The number of hydrogen-bond donors (Lipinski definition) is 1. The second kappa shape index (κ2) is 5.44. The van der Waals surface area contributed by atoms with E-state index in [0.29, 0.717) is 23.5 Å². The number of benzene rings is 2. The summed E-state index contributed by atoms with van der Waals surface area (Å²) in [5, 5.41) is 9.59. The van der Waals surface area contributed by atoms with Crippen LogP contribution in [-0.2, 0) is 0 Å². The van der Waals surface area contributed by atoms with E-state index >= 15 is 0 Å². The van der Waals surface area contributed by atoms with Crippen LogP contribution in [0.1, 0.15) is 41.9 Å². The molecule has 2 heteroatoms. The van der Waals surface area contributed by atoms with Crippen LogP contribution in [0.4, 0.5) is 0 Å². The van der Waals surface area contributed by atoms with E-state index in [2.05, 4.69) is 48.2 Å². The first kappa shape index (κ1) is 13.8. The van der Waals surface area contributed by atoms with E-state index in [1.165, 1.54) is 30.6 Å². The molecule has 1 aliphatic heterocycles. The average Bonchev–Trinajstić information content (AvgIpc) is 2.89. The third-order valence-electron chi connectivity index (χ3n) is 5.61. The molecule has 2 aromatic carbocycles. The minimum atomic E-state index is 0.354. The monoisotopic (exact) mass is 293 g/mol. The minimum absolute atomic E-state index is 0.354. The summed E-state index contributed by atoms with van der Waals surface area (Å²) in [6.45, 7) is 5.81. The standard InChI is InChI=1S/C20H23NO/c1-2-21-12-11-18-19(13-21)16-5-3-4-6-17(16)20(18)14-7-9-15(22)10-8-14/h3-10,18-20,22H,2,11-13H2,1H3/t18-,19-,20-/m0/s1. The van der Waals surface area contributed by atoms with Crippen LogP contribution in [0, 0.1) is 5.92 Å². The van der Waals surface area contributed by atoms with E-state index in [1.54, 1.807) is 5.56 Å². The lowest BCUT2D eigenvalue weighted by atomic mass is 9.78. The van der Waals surface area contributed by atoms with Crippen LogP contribution in [0.3, 0.4) is 0 Å². The van der Waals surface area contributed by atoms with Crippen molar-refractivity contribution >= 4 is 0 Å². The molecule has 4 rings (SSSR count). The Hall–Kier alpha value is -1.80. The van der Waals surface area contributed by atoms with Gasteiger partial charge < -0.3 is 10.0 Å². The van der Waals surface area contributed by atoms with Gasteiger partial charge in [0, 0.05) is 18.4 Å². The first-order valence-corrected chi connectivity index (χ1v) is 8.38. The van der Waals surface area contributed by atoms with E-state index in [4.69, 9.17) is 0 Å². The van der Waals surface area contributed by atoms with Gasteiger partial charge in [-0.1, -0.05) is 43.3 Å². The molecular formula is C20H23NO. The molecule has 22 heavy (non-hydrogen) atoms. The van der Waals surface area contributed by atoms with Gasteiger partial charge in [-0.15, -0.1) is 0 Å². The highest BCUT2D eigenvalue weighted by molar-refractivity contribution is 5.47. The molecule has 0 amide bonds. The van der Waals surface area contributed by atoms with Crippen molar-refractivity contribution < 1.29 is 5.11 Å². The molecule has 114 valence electrons. The summed E-state index contributed by atoms with van der Waals surface area (Å²) in [5.41, 5.74) is 4.40. The number of nitrogens with zero attached hydrogens (tertiary/aromatic N) is 1. The molecule has 0 saturated carbocycles. The van der Waals surface area contributed by atoms with Crippen molar-refractivity contribution in [3.05, 3.63) is 65.2 Å². The molecule has 1 saturated heterocycles. The number of hydrogen-bond acceptors (Lipinski definition) is 2. The lowest BCUT2D eigenvalue weighted by molar-refractivity contribution is 0.167. The first-order valence-electron chi connectivity index (χ1n) is 8.38. The maximum atomic E-state index is 9.59. The molecule has 0 bridgehead atoms. The Labute approximate surface area is 132 Å². The number of likely N-dealkylation sites (tertiary alicyclic amines) is 1. The highest BCUT2D eigenvalue weighted by Gasteiger charge is 2.43. The molecular weight excluding hydrogens is 270 g/mol. The number of fused-ring (bicyclic) bond motifs is 3. The third kappa shape index (κ3) is 2.14. The molecule has 2 aromatic rings. The Morgan fingerprint density at radius 1 is 1.05 bits per heavy atom. The predicted molar refractivity (Wildman–Crippen MR) is 89.4 cm³/mol. The molecule has 1 aliphatic carbocycles. The molecule has 1 heterocycles. The summed E-state index contributed by atoms with van der Waals surface area (Å²) >= 11 is 0. The van der Waals surface area contributed by atoms with Crippen LogP contribution in [0.5, 0.6) is 5.75 Å². The van der Waals surface area contributed by atoms with Gasteiger partial charge in [0.25, 0.3) is 0 Å². The van der Waals surface area contributed by atoms with Crippen molar-refractivity contribution in [3.8, 4) is 5.75 Å². The van der Waals surface area contributed by atoms with Gasteiger partial charge in [-0.2, -0.15) is 0 Å². The number of likely N-dealkylation sites (N-methyl/N-ethyl adjacent to an activating group) is 1. The summed E-state index contributed by atoms with van der Waals surface area (Å²) < 4.78 is 0. The highest BCUT2D eigenvalue weighted by Crippen LogP contribution is 2.52. The van der Waals surface area contributed by atoms with Crippen molar-refractivity contribution in [2.45, 2.75) is 25.2 Å². The molecule has 2 nitrogen and oxygen atoms in total. The molecule has 1 fully saturated rings. The fourth-order valence-corrected chi connectivity index (χ4v) is 4.52. The second-order valence-electron chi connectivity index (χ2n) is 6.65. The van der Waals surface area contributed by atoms with Crippen molar-refractivity contribution in [2.75, 3.05) is 19.6 Å². The fraction of sp³-hybridized carbons (Fsp3) is 0.400. The molecule has 0 spiro atoms. The van der Waals surface area contributed by atoms with Gasteiger partial charge >= 0.3 is 0 Å². The van der Waals surface area contributed by atoms with Gasteiger partial charge in [0.2, 0.25) is 0 Å². The van der Waals surface area contributed by atoms with Gasteiger partial charge in [0.15, 0.2) is 0 Å². The largest absolute Gasteiger partial charge is 0.508 e. The average molecular weight is 293 g/mol. The Kier molecular flexibility index (Phi) is 3.42. The van der Waals surface area contributed by atoms with Crippen LogP contribution < -0.4 is 0 Å². The van der Waals surface area contributed by atoms with Gasteiger partial charge in [-0.05, 0) is 54.3 Å². The molecule has 0 radical (unpaired) electrons. The van der Waals surface area contributed by atoms with Crippen molar-refractivity contribution in [1.29, 1.82) is 0 Å². The lowest BCUT2D eigenvalue weighted by Gasteiger charge is -2.37. The quantitative estimate of drug-likeness (QED) is 0.906. The molecule has 3 atom stereocenters. The van der Waals surface area contributed by atoms with E-state index in [9.17, 15) is 5.11 Å². The van der Waals surface area contributed by atoms with Crippen LogP contribution in [0.15, 0.2) is 48.5 Å². The van der Waals surface area contributed by atoms with Crippen LogP contribution in [0.25, 0.3) is 0 Å². The number of rotatable bonds is 2. The van der Waals surface area contributed by atoms with Crippen molar-refractivity contribution in [1.82, 2.24) is 4.90 Å². The summed E-state index contributed by atoms with van der Waals surface area (Å²) in [7, 11) is 0. The minimum Gasteiger partial charge on any atom is -0.508 e. The zero-order valence-corrected chi connectivity index (χ0v) is 13.1. The maximum absolute atomic E-state index is 9.59. The zero-order valence-electron chi connectivity index (χ0n) is 13.1. The Morgan fingerprint density at radius 3 is 2.50 bits per heavy atom. The molecule has 2 aliphatic rings. The predicted octanol–water partition coefficient (Wildman–Crippen LogP) is 3.96. The summed E-state index contributed by atoms with van der Waals surface area (Å²) in [6.07, 6.45) is 1.26. The smallest absolute Gasteiger partial charge is 0.115 e. The van der Waals surface area contributed by atoms with E-state index < -0.39 is 0 Å². The second-order valence-corrected chi connectivity index (χ2v) is 6.65. The Bertz CT molecular complexity index is 664. The van der Waals surface area contributed by atoms with Crippen molar-refractivity contribution in [3.63, 3.8) is 0 Å². The van der Waals surface area contributed by atoms with Gasteiger partial charge in [0.1, 0.15) is 5.75 Å². The first-order chi connectivity index (χ1) is 10.8. The maximum Gasteiger partial charge on any atom is 0.115 e. The Morgan fingerprint density at radius 2 is 1.77 bits per heavy atom. The summed E-state index contributed by atoms with van der Waals surface area (Å²) in [6, 6.07) is 16.8. The van der Waals surface area contributed by atoms with Crippen molar-refractivity contribution in [2.24, 2.45) is 5.92 Å². The van der Waals surface area contributed by atoms with Crippen LogP contribution >= 0.6 is 0 Å². The normalized spacial score (nSPS) is 27.4. The topological polar surface area (TPSA) is 23.5 Å². The lowest BCUT2D eigenvalue weighted by Crippen LogP contribution is -2.38. The van der Waals surface area contributed by atoms with E-state index in [1.807, 2.05) is 12.1 Å². The highest BCUT2D eigenvalue weighted by atomic mass is 16.3. The van der Waals surface area contributed by atoms with E-state index in [-0.39, 0.29) is 0 Å². The number of piperidine rings is 1. The fourth-order valence-electron chi connectivity index (χ4n) is 4.52. The SMILES string of the molecule is CCN1CC[C@@H]2[C@@H](c3ccc(O)cc3)c3ccccc3[C@@H]2C1. The summed E-state index contributed by atoms with van der Waals surface area (Å²) in [5.74, 6) is 2.20. The molecule has 0 unspecified atom stereocenters. The van der Waals surface area contributed by atoms with Gasteiger partial charge in [0.05, 0.1) is 0 Å². The molecule has 1 N–H and O–H groups in total.